The summed E-state index contributed by atoms with van der Waals surface area (Å²) in [5.74, 6) is 1.71. The van der Waals surface area contributed by atoms with E-state index in [4.69, 9.17) is 14.2 Å². The molecule has 0 spiro atoms. The maximum atomic E-state index is 12.6. The van der Waals surface area contributed by atoms with Crippen molar-refractivity contribution in [3.63, 3.8) is 0 Å². The number of fused-ring (bicyclic) bond motifs is 1. The van der Waals surface area contributed by atoms with Gasteiger partial charge in [-0.3, -0.25) is 9.59 Å². The second-order valence-corrected chi connectivity index (χ2v) is 7.30. The lowest BCUT2D eigenvalue weighted by atomic mass is 9.81. The van der Waals surface area contributed by atoms with Gasteiger partial charge in [0.1, 0.15) is 5.75 Å². The minimum Gasteiger partial charge on any atom is -0.495 e. The predicted molar refractivity (Wildman–Crippen MR) is 108 cm³/mol. The molecule has 2 aromatic carbocycles. The van der Waals surface area contributed by atoms with Crippen molar-refractivity contribution in [2.75, 3.05) is 24.5 Å². The lowest BCUT2D eigenvalue weighted by Gasteiger charge is -2.27. The molecule has 29 heavy (non-hydrogen) atoms. The third-order valence-electron chi connectivity index (χ3n) is 5.47. The summed E-state index contributed by atoms with van der Waals surface area (Å²) in [5.41, 5.74) is 1.36. The zero-order valence-corrected chi connectivity index (χ0v) is 16.3. The summed E-state index contributed by atoms with van der Waals surface area (Å²) >= 11 is 0. The normalized spacial score (nSPS) is 20.0. The lowest BCUT2D eigenvalue weighted by molar-refractivity contribution is -0.125. The van der Waals surface area contributed by atoms with E-state index in [2.05, 4.69) is 10.6 Å². The highest BCUT2D eigenvalue weighted by molar-refractivity contribution is 5.95. The molecular formula is C22H24N2O5. The van der Waals surface area contributed by atoms with Crippen molar-refractivity contribution in [2.24, 2.45) is 11.8 Å². The summed E-state index contributed by atoms with van der Waals surface area (Å²) in [5, 5.41) is 5.90. The van der Waals surface area contributed by atoms with E-state index >= 15 is 0 Å². The molecule has 2 aliphatic rings. The highest BCUT2D eigenvalue weighted by Gasteiger charge is 2.30. The molecule has 1 saturated carbocycles. The van der Waals surface area contributed by atoms with E-state index in [1.54, 1.807) is 25.3 Å². The molecule has 4 rings (SSSR count). The molecule has 0 unspecified atom stereocenters. The summed E-state index contributed by atoms with van der Waals surface area (Å²) in [7, 11) is 1.58. The summed E-state index contributed by atoms with van der Waals surface area (Å²) in [4.78, 5) is 25.2. The summed E-state index contributed by atoms with van der Waals surface area (Å²) in [6, 6.07) is 12.7. The number of nitrogens with one attached hydrogen (secondary N) is 2. The van der Waals surface area contributed by atoms with Crippen LogP contribution in [0.25, 0.3) is 0 Å². The van der Waals surface area contributed by atoms with Gasteiger partial charge in [-0.15, -0.1) is 0 Å². The number of carbonyl (C=O) groups is 2. The fourth-order valence-corrected chi connectivity index (χ4v) is 3.82. The largest absolute Gasteiger partial charge is 0.495 e. The van der Waals surface area contributed by atoms with Crippen LogP contribution in [0.2, 0.25) is 0 Å². The van der Waals surface area contributed by atoms with Crippen molar-refractivity contribution in [2.45, 2.75) is 25.7 Å². The molecule has 2 N–H and O–H groups in total. The SMILES string of the molecule is COc1ccccc1NC(=O)C1CCC(C(=O)Nc2ccc3c(c2)OCO3)CC1. The number of ether oxygens (including phenoxy) is 3. The average molecular weight is 396 g/mol. The second-order valence-electron chi connectivity index (χ2n) is 7.30. The standard InChI is InChI=1S/C22H24N2O5/c1-27-18-5-3-2-4-17(18)24-22(26)15-8-6-14(7-9-15)21(25)23-16-10-11-19-20(12-16)29-13-28-19/h2-5,10-12,14-15H,6-9,13H2,1H3,(H,23,25)(H,24,26). The van der Waals surface area contributed by atoms with Crippen LogP contribution < -0.4 is 24.8 Å². The molecule has 0 atom stereocenters. The first-order valence-corrected chi connectivity index (χ1v) is 9.78. The van der Waals surface area contributed by atoms with Crippen LogP contribution in [0.4, 0.5) is 11.4 Å². The predicted octanol–water partition coefficient (Wildman–Crippen LogP) is 3.81. The molecule has 0 bridgehead atoms. The lowest BCUT2D eigenvalue weighted by Crippen LogP contribution is -2.32. The summed E-state index contributed by atoms with van der Waals surface area (Å²) in [6.45, 7) is 0.202. The van der Waals surface area contributed by atoms with Crippen LogP contribution in [-0.4, -0.2) is 25.7 Å². The van der Waals surface area contributed by atoms with Gasteiger partial charge in [0.2, 0.25) is 18.6 Å². The zero-order valence-electron chi connectivity index (χ0n) is 16.3. The topological polar surface area (TPSA) is 85.9 Å². The van der Waals surface area contributed by atoms with Crippen LogP contribution in [0.5, 0.6) is 17.2 Å². The number of methoxy groups -OCH3 is 1. The summed E-state index contributed by atoms with van der Waals surface area (Å²) < 4.78 is 15.9. The Bertz CT molecular complexity index is 906. The first-order valence-electron chi connectivity index (χ1n) is 9.78. The number of rotatable bonds is 5. The molecule has 2 amide bonds. The van der Waals surface area contributed by atoms with Gasteiger partial charge in [-0.2, -0.15) is 0 Å². The van der Waals surface area contributed by atoms with Gasteiger partial charge in [-0.05, 0) is 49.9 Å². The average Bonchev–Trinajstić information content (AvgIpc) is 3.22. The smallest absolute Gasteiger partial charge is 0.231 e. The van der Waals surface area contributed by atoms with Crippen LogP contribution >= 0.6 is 0 Å². The summed E-state index contributed by atoms with van der Waals surface area (Å²) in [6.07, 6.45) is 2.72. The van der Waals surface area contributed by atoms with Crippen LogP contribution in [0.3, 0.4) is 0 Å². The van der Waals surface area contributed by atoms with E-state index < -0.39 is 0 Å². The van der Waals surface area contributed by atoms with Crippen LogP contribution in [0.15, 0.2) is 42.5 Å². The first-order chi connectivity index (χ1) is 14.1. The second kappa shape index (κ2) is 8.43. The zero-order chi connectivity index (χ0) is 20.2. The van der Waals surface area contributed by atoms with Gasteiger partial charge < -0.3 is 24.8 Å². The molecule has 1 heterocycles. The maximum absolute atomic E-state index is 12.6. The Morgan fingerprint density at radius 3 is 2.28 bits per heavy atom. The number of carbonyl (C=O) groups excluding carboxylic acids is 2. The van der Waals surface area contributed by atoms with Crippen molar-refractivity contribution >= 4 is 23.2 Å². The number of hydrogen-bond acceptors (Lipinski definition) is 5. The van der Waals surface area contributed by atoms with Gasteiger partial charge in [-0.1, -0.05) is 12.1 Å². The van der Waals surface area contributed by atoms with Crippen LogP contribution in [0, 0.1) is 11.8 Å². The van der Waals surface area contributed by atoms with Crippen molar-refractivity contribution in [1.82, 2.24) is 0 Å². The molecule has 152 valence electrons. The number of para-hydroxylation sites is 2. The van der Waals surface area contributed by atoms with E-state index in [-0.39, 0.29) is 30.4 Å². The van der Waals surface area contributed by atoms with Gasteiger partial charge in [-0.25, -0.2) is 0 Å². The number of anilines is 2. The van der Waals surface area contributed by atoms with E-state index in [0.29, 0.717) is 54.3 Å². The highest BCUT2D eigenvalue weighted by atomic mass is 16.7. The fraction of sp³-hybridized carbons (Fsp3) is 0.364. The molecule has 7 nitrogen and oxygen atoms in total. The number of amides is 2. The van der Waals surface area contributed by atoms with Gasteiger partial charge >= 0.3 is 0 Å². The Morgan fingerprint density at radius 1 is 0.897 bits per heavy atom. The fourth-order valence-electron chi connectivity index (χ4n) is 3.82. The highest BCUT2D eigenvalue weighted by Crippen LogP contribution is 2.35. The minimum atomic E-state index is -0.102. The Kier molecular flexibility index (Phi) is 5.55. The van der Waals surface area contributed by atoms with Gasteiger partial charge in [0.05, 0.1) is 12.8 Å². The quantitative estimate of drug-likeness (QED) is 0.803. The van der Waals surface area contributed by atoms with E-state index in [9.17, 15) is 9.59 Å². The molecule has 2 aromatic rings. The molecular weight excluding hydrogens is 372 g/mol. The molecule has 1 aliphatic heterocycles. The first kappa shape index (κ1) is 19.1. The van der Waals surface area contributed by atoms with Crippen LogP contribution in [0.1, 0.15) is 25.7 Å². The van der Waals surface area contributed by atoms with Crippen molar-refractivity contribution in [3.05, 3.63) is 42.5 Å². The van der Waals surface area contributed by atoms with Gasteiger partial charge in [0, 0.05) is 23.6 Å². The molecule has 7 heteroatoms. The Morgan fingerprint density at radius 2 is 1.55 bits per heavy atom. The maximum Gasteiger partial charge on any atom is 0.231 e. The Hall–Kier alpha value is -3.22. The van der Waals surface area contributed by atoms with E-state index in [0.717, 1.165) is 0 Å². The number of benzene rings is 2. The molecule has 0 radical (unpaired) electrons. The van der Waals surface area contributed by atoms with E-state index in [1.807, 2.05) is 24.3 Å². The van der Waals surface area contributed by atoms with Crippen molar-refractivity contribution in [1.29, 1.82) is 0 Å². The molecule has 0 saturated heterocycles. The Labute approximate surface area is 169 Å². The van der Waals surface area contributed by atoms with Crippen molar-refractivity contribution in [3.8, 4) is 17.2 Å². The van der Waals surface area contributed by atoms with E-state index in [1.165, 1.54) is 0 Å². The molecule has 0 aromatic heterocycles. The monoisotopic (exact) mass is 396 g/mol. The number of hydrogen-bond donors (Lipinski definition) is 2. The third-order valence-corrected chi connectivity index (χ3v) is 5.47. The van der Waals surface area contributed by atoms with Crippen molar-refractivity contribution < 1.29 is 23.8 Å². The molecule has 1 fully saturated rings. The minimum absolute atomic E-state index is 0.0209. The Balaban J connectivity index is 1.29. The third kappa shape index (κ3) is 4.29. The van der Waals surface area contributed by atoms with Gasteiger partial charge in [0.25, 0.3) is 0 Å². The van der Waals surface area contributed by atoms with Crippen LogP contribution in [-0.2, 0) is 9.59 Å². The van der Waals surface area contributed by atoms with Gasteiger partial charge in [0.15, 0.2) is 11.5 Å². The molecule has 1 aliphatic carbocycles.